The number of fused-ring (bicyclic) bond motifs is 3. The molecule has 4 rings (SSSR count). The number of benzene rings is 3. The van der Waals surface area contributed by atoms with E-state index in [-0.39, 0.29) is 5.56 Å². The molecule has 1 aromatic heterocycles. The van der Waals surface area contributed by atoms with Crippen molar-refractivity contribution in [2.75, 3.05) is 7.11 Å². The van der Waals surface area contributed by atoms with E-state index in [9.17, 15) is 4.79 Å². The highest BCUT2D eigenvalue weighted by Crippen LogP contribution is 2.31. The number of nitrogens with one attached hydrogen (secondary N) is 1. The molecule has 0 atom stereocenters. The zero-order valence-electron chi connectivity index (χ0n) is 12.7. The standard InChI is InChI=1S/C20H15NO2/c1-23-15-9-6-14(7-10-15)18-12-19(22)21-20-16-5-3-2-4-13(16)8-11-17(18)20/h2-12H,1H3,(H,21,22). The van der Waals surface area contributed by atoms with Crippen molar-refractivity contribution < 1.29 is 4.74 Å². The van der Waals surface area contributed by atoms with Crippen molar-refractivity contribution in [2.45, 2.75) is 0 Å². The summed E-state index contributed by atoms with van der Waals surface area (Å²) in [5.41, 5.74) is 2.70. The second-order valence-corrected chi connectivity index (χ2v) is 5.49. The molecule has 3 heteroatoms. The maximum atomic E-state index is 12.2. The predicted octanol–water partition coefficient (Wildman–Crippen LogP) is 4.36. The fourth-order valence-corrected chi connectivity index (χ4v) is 3.01. The molecule has 4 aromatic rings. The molecule has 0 unspecified atom stereocenters. The monoisotopic (exact) mass is 301 g/mol. The summed E-state index contributed by atoms with van der Waals surface area (Å²) < 4.78 is 5.21. The van der Waals surface area contributed by atoms with Gasteiger partial charge >= 0.3 is 0 Å². The summed E-state index contributed by atoms with van der Waals surface area (Å²) in [6.07, 6.45) is 0. The van der Waals surface area contributed by atoms with Crippen LogP contribution in [0.3, 0.4) is 0 Å². The Morgan fingerprint density at radius 2 is 1.65 bits per heavy atom. The van der Waals surface area contributed by atoms with Gasteiger partial charge in [0, 0.05) is 16.8 Å². The molecule has 112 valence electrons. The van der Waals surface area contributed by atoms with Gasteiger partial charge in [-0.1, -0.05) is 48.5 Å². The Bertz CT molecular complexity index is 1060. The lowest BCUT2D eigenvalue weighted by atomic mass is 9.98. The number of aromatic nitrogens is 1. The van der Waals surface area contributed by atoms with Gasteiger partial charge in [0.25, 0.3) is 0 Å². The van der Waals surface area contributed by atoms with Crippen molar-refractivity contribution in [3.8, 4) is 16.9 Å². The lowest BCUT2D eigenvalue weighted by Crippen LogP contribution is -2.05. The summed E-state index contributed by atoms with van der Waals surface area (Å²) in [6, 6.07) is 21.6. The van der Waals surface area contributed by atoms with Crippen LogP contribution in [0.15, 0.2) is 71.5 Å². The quantitative estimate of drug-likeness (QED) is 0.559. The highest BCUT2D eigenvalue weighted by atomic mass is 16.5. The van der Waals surface area contributed by atoms with E-state index in [4.69, 9.17) is 4.74 Å². The number of methoxy groups -OCH3 is 1. The van der Waals surface area contributed by atoms with Crippen LogP contribution in [-0.4, -0.2) is 12.1 Å². The van der Waals surface area contributed by atoms with Gasteiger partial charge in [-0.3, -0.25) is 4.79 Å². The van der Waals surface area contributed by atoms with Crippen LogP contribution < -0.4 is 10.3 Å². The number of hydrogen-bond acceptors (Lipinski definition) is 2. The molecule has 0 aliphatic carbocycles. The van der Waals surface area contributed by atoms with Crippen LogP contribution in [0.1, 0.15) is 0 Å². The molecule has 0 saturated carbocycles. The summed E-state index contributed by atoms with van der Waals surface area (Å²) in [7, 11) is 1.64. The van der Waals surface area contributed by atoms with Gasteiger partial charge in [-0.25, -0.2) is 0 Å². The molecule has 1 heterocycles. The molecular formula is C20H15NO2. The lowest BCUT2D eigenvalue weighted by Gasteiger charge is -2.10. The molecular weight excluding hydrogens is 286 g/mol. The van der Waals surface area contributed by atoms with Crippen LogP contribution in [0.2, 0.25) is 0 Å². The number of pyridine rings is 1. The lowest BCUT2D eigenvalue weighted by molar-refractivity contribution is 0.415. The van der Waals surface area contributed by atoms with Crippen molar-refractivity contribution >= 4 is 21.7 Å². The van der Waals surface area contributed by atoms with Crippen LogP contribution in [0.4, 0.5) is 0 Å². The smallest absolute Gasteiger partial charge is 0.249 e. The second-order valence-electron chi connectivity index (χ2n) is 5.49. The average molecular weight is 301 g/mol. The first-order chi connectivity index (χ1) is 11.3. The first-order valence-corrected chi connectivity index (χ1v) is 7.45. The molecule has 0 bridgehead atoms. The van der Waals surface area contributed by atoms with Gasteiger partial charge in [-0.05, 0) is 28.6 Å². The molecule has 3 nitrogen and oxygen atoms in total. The number of hydrogen-bond donors (Lipinski definition) is 1. The third-order valence-electron chi connectivity index (χ3n) is 4.14. The Labute approximate surface area is 133 Å². The third-order valence-corrected chi connectivity index (χ3v) is 4.14. The second kappa shape index (κ2) is 5.29. The summed E-state index contributed by atoms with van der Waals surface area (Å²) in [5, 5.41) is 3.20. The highest BCUT2D eigenvalue weighted by molar-refractivity contribution is 6.09. The van der Waals surface area contributed by atoms with Crippen molar-refractivity contribution in [1.82, 2.24) is 4.98 Å². The van der Waals surface area contributed by atoms with Crippen LogP contribution in [0.5, 0.6) is 5.75 Å². The minimum absolute atomic E-state index is 0.0975. The number of aromatic amines is 1. The van der Waals surface area contributed by atoms with Gasteiger partial charge < -0.3 is 9.72 Å². The van der Waals surface area contributed by atoms with Crippen LogP contribution in [0, 0.1) is 0 Å². The summed E-state index contributed by atoms with van der Waals surface area (Å²) >= 11 is 0. The van der Waals surface area contributed by atoms with Crippen LogP contribution >= 0.6 is 0 Å². The Hall–Kier alpha value is -3.07. The topological polar surface area (TPSA) is 42.1 Å². The Balaban J connectivity index is 2.06. The van der Waals surface area contributed by atoms with Crippen LogP contribution in [0.25, 0.3) is 32.8 Å². The van der Waals surface area contributed by atoms with Gasteiger partial charge in [0.2, 0.25) is 5.56 Å². The zero-order valence-corrected chi connectivity index (χ0v) is 12.7. The van der Waals surface area contributed by atoms with Crippen LogP contribution in [-0.2, 0) is 0 Å². The molecule has 0 aliphatic rings. The summed E-state index contributed by atoms with van der Waals surface area (Å²) in [4.78, 5) is 15.1. The van der Waals surface area contributed by atoms with Crippen molar-refractivity contribution in [3.63, 3.8) is 0 Å². The predicted molar refractivity (Wildman–Crippen MR) is 94.1 cm³/mol. The minimum atomic E-state index is -0.0975. The fraction of sp³-hybridized carbons (Fsp3) is 0.0500. The van der Waals surface area contributed by atoms with E-state index in [1.54, 1.807) is 13.2 Å². The first-order valence-electron chi connectivity index (χ1n) is 7.45. The van der Waals surface area contributed by atoms with Gasteiger partial charge in [0.05, 0.1) is 12.6 Å². The van der Waals surface area contributed by atoms with E-state index in [1.165, 1.54) is 0 Å². The fourth-order valence-electron chi connectivity index (χ4n) is 3.01. The molecule has 3 aromatic carbocycles. The van der Waals surface area contributed by atoms with Gasteiger partial charge in [0.1, 0.15) is 5.75 Å². The van der Waals surface area contributed by atoms with E-state index >= 15 is 0 Å². The van der Waals surface area contributed by atoms with Crippen molar-refractivity contribution in [3.05, 3.63) is 77.1 Å². The molecule has 0 aliphatic heterocycles. The van der Waals surface area contributed by atoms with Crippen molar-refractivity contribution in [1.29, 1.82) is 0 Å². The normalized spacial score (nSPS) is 11.0. The van der Waals surface area contributed by atoms with E-state index in [1.807, 2.05) is 48.5 Å². The van der Waals surface area contributed by atoms with Gasteiger partial charge in [-0.15, -0.1) is 0 Å². The van der Waals surface area contributed by atoms with E-state index in [0.29, 0.717) is 0 Å². The number of H-pyrrole nitrogens is 1. The third kappa shape index (κ3) is 2.27. The maximum absolute atomic E-state index is 12.2. The average Bonchev–Trinajstić information content (AvgIpc) is 2.61. The first kappa shape index (κ1) is 13.6. The Morgan fingerprint density at radius 1 is 0.870 bits per heavy atom. The molecule has 0 spiro atoms. The molecule has 0 fully saturated rings. The van der Waals surface area contributed by atoms with Gasteiger partial charge in [0.15, 0.2) is 0 Å². The molecule has 1 N–H and O–H groups in total. The largest absolute Gasteiger partial charge is 0.497 e. The summed E-state index contributed by atoms with van der Waals surface area (Å²) in [6.45, 7) is 0. The molecule has 0 amide bonds. The van der Waals surface area contributed by atoms with E-state index < -0.39 is 0 Å². The van der Waals surface area contributed by atoms with Crippen molar-refractivity contribution in [2.24, 2.45) is 0 Å². The SMILES string of the molecule is COc1ccc(-c2cc(=O)[nH]c3c2ccc2ccccc23)cc1. The highest BCUT2D eigenvalue weighted by Gasteiger charge is 2.09. The Kier molecular flexibility index (Phi) is 3.12. The zero-order chi connectivity index (χ0) is 15.8. The minimum Gasteiger partial charge on any atom is -0.497 e. The van der Waals surface area contributed by atoms with E-state index in [0.717, 1.165) is 38.6 Å². The number of ether oxygens (including phenoxy) is 1. The summed E-state index contributed by atoms with van der Waals surface area (Å²) in [5.74, 6) is 0.799. The molecule has 0 radical (unpaired) electrons. The molecule has 23 heavy (non-hydrogen) atoms. The van der Waals surface area contributed by atoms with Gasteiger partial charge in [-0.2, -0.15) is 0 Å². The number of rotatable bonds is 2. The van der Waals surface area contributed by atoms with E-state index in [2.05, 4.69) is 17.1 Å². The molecule has 0 saturated heterocycles. The Morgan fingerprint density at radius 3 is 2.43 bits per heavy atom. The maximum Gasteiger partial charge on any atom is 0.249 e.